The molecule has 0 amide bonds. The largest absolute Gasteiger partial charge is 0.463 e. The molecule has 1 atom stereocenters. The highest BCUT2D eigenvalue weighted by atomic mass is 16.5. The third-order valence-corrected chi connectivity index (χ3v) is 1.84. The summed E-state index contributed by atoms with van der Waals surface area (Å²) in [6.45, 7) is 4.96. The predicted molar refractivity (Wildman–Crippen MR) is 50.4 cm³/mol. The number of carbonyl (C=O) groups is 2. The fourth-order valence-corrected chi connectivity index (χ4v) is 1.16. The summed E-state index contributed by atoms with van der Waals surface area (Å²) in [5, 5.41) is 0. The van der Waals surface area contributed by atoms with Gasteiger partial charge < -0.3 is 9.53 Å². The highest BCUT2D eigenvalue weighted by Gasteiger charge is 2.09. The summed E-state index contributed by atoms with van der Waals surface area (Å²) in [6.07, 6.45) is 2.98. The molecule has 0 aromatic carbocycles. The van der Waals surface area contributed by atoms with E-state index >= 15 is 0 Å². The van der Waals surface area contributed by atoms with E-state index in [2.05, 4.69) is 0 Å². The first-order valence-electron chi connectivity index (χ1n) is 4.73. The molecule has 3 nitrogen and oxygen atoms in total. The number of hydrogen-bond acceptors (Lipinski definition) is 3. The quantitative estimate of drug-likeness (QED) is 0.596. The summed E-state index contributed by atoms with van der Waals surface area (Å²) >= 11 is 0. The molecule has 0 rings (SSSR count). The van der Waals surface area contributed by atoms with Crippen molar-refractivity contribution in [2.45, 2.75) is 52.6 Å². The van der Waals surface area contributed by atoms with Gasteiger partial charge in [-0.15, -0.1) is 0 Å². The zero-order valence-electron chi connectivity index (χ0n) is 8.63. The van der Waals surface area contributed by atoms with Crippen LogP contribution in [0.2, 0.25) is 0 Å². The Labute approximate surface area is 79.5 Å². The van der Waals surface area contributed by atoms with Gasteiger partial charge in [-0.3, -0.25) is 4.79 Å². The number of carbonyl (C=O) groups excluding carboxylic acids is 2. The second-order valence-corrected chi connectivity index (χ2v) is 3.23. The van der Waals surface area contributed by atoms with Crippen molar-refractivity contribution < 1.29 is 14.3 Å². The first-order valence-corrected chi connectivity index (χ1v) is 4.73. The Morgan fingerprint density at radius 2 is 1.92 bits per heavy atom. The SMILES string of the molecule is CC[C@H](CCCC(C)=O)OC(C)=O. The van der Waals surface area contributed by atoms with Crippen LogP contribution in [0.15, 0.2) is 0 Å². The predicted octanol–water partition coefficient (Wildman–Crippen LogP) is 2.09. The first-order chi connectivity index (χ1) is 6.06. The molecule has 13 heavy (non-hydrogen) atoms. The smallest absolute Gasteiger partial charge is 0.302 e. The molecule has 0 spiro atoms. The molecule has 0 aromatic heterocycles. The van der Waals surface area contributed by atoms with Crippen molar-refractivity contribution in [1.29, 1.82) is 0 Å². The van der Waals surface area contributed by atoms with Crippen LogP contribution in [0.3, 0.4) is 0 Å². The number of ketones is 1. The van der Waals surface area contributed by atoms with Gasteiger partial charge in [-0.1, -0.05) is 6.92 Å². The Hall–Kier alpha value is -0.860. The highest BCUT2D eigenvalue weighted by Crippen LogP contribution is 2.09. The molecule has 0 aromatic rings. The molecular formula is C10H18O3. The summed E-state index contributed by atoms with van der Waals surface area (Å²) in [6, 6.07) is 0. The topological polar surface area (TPSA) is 43.4 Å². The Morgan fingerprint density at radius 1 is 1.31 bits per heavy atom. The van der Waals surface area contributed by atoms with E-state index in [-0.39, 0.29) is 17.9 Å². The van der Waals surface area contributed by atoms with E-state index < -0.39 is 0 Å². The van der Waals surface area contributed by atoms with Crippen LogP contribution >= 0.6 is 0 Å². The lowest BCUT2D eigenvalue weighted by Gasteiger charge is -2.13. The summed E-state index contributed by atoms with van der Waals surface area (Å²) in [4.78, 5) is 21.2. The Bertz CT molecular complexity index is 175. The lowest BCUT2D eigenvalue weighted by atomic mass is 10.1. The van der Waals surface area contributed by atoms with Crippen LogP contribution in [-0.2, 0) is 14.3 Å². The van der Waals surface area contributed by atoms with Crippen molar-refractivity contribution in [2.24, 2.45) is 0 Å². The summed E-state index contributed by atoms with van der Waals surface area (Å²) in [5.74, 6) is -0.0487. The second kappa shape index (κ2) is 6.63. The van der Waals surface area contributed by atoms with Crippen molar-refractivity contribution >= 4 is 11.8 Å². The molecule has 0 saturated carbocycles. The van der Waals surface area contributed by atoms with Gasteiger partial charge in [-0.2, -0.15) is 0 Å². The lowest BCUT2D eigenvalue weighted by Crippen LogP contribution is -2.15. The van der Waals surface area contributed by atoms with Gasteiger partial charge in [0.05, 0.1) is 0 Å². The zero-order chi connectivity index (χ0) is 10.3. The molecule has 0 aliphatic heterocycles. The molecule has 0 bridgehead atoms. The molecule has 0 aliphatic carbocycles. The third-order valence-electron chi connectivity index (χ3n) is 1.84. The third kappa shape index (κ3) is 7.50. The molecule has 3 heteroatoms. The molecule has 0 unspecified atom stereocenters. The van der Waals surface area contributed by atoms with Crippen molar-refractivity contribution in [2.75, 3.05) is 0 Å². The summed E-state index contributed by atoms with van der Waals surface area (Å²) in [5.41, 5.74) is 0. The van der Waals surface area contributed by atoms with E-state index in [9.17, 15) is 9.59 Å². The number of rotatable bonds is 6. The summed E-state index contributed by atoms with van der Waals surface area (Å²) in [7, 11) is 0. The van der Waals surface area contributed by atoms with Crippen LogP contribution in [0.4, 0.5) is 0 Å². The fraction of sp³-hybridized carbons (Fsp3) is 0.800. The molecule has 0 heterocycles. The van der Waals surface area contributed by atoms with Crippen molar-refractivity contribution in [1.82, 2.24) is 0 Å². The Kier molecular flexibility index (Phi) is 6.20. The van der Waals surface area contributed by atoms with E-state index in [0.29, 0.717) is 6.42 Å². The van der Waals surface area contributed by atoms with E-state index in [1.807, 2.05) is 6.92 Å². The number of hydrogen-bond donors (Lipinski definition) is 0. The van der Waals surface area contributed by atoms with Gasteiger partial charge in [-0.25, -0.2) is 0 Å². The van der Waals surface area contributed by atoms with Crippen LogP contribution in [0.25, 0.3) is 0 Å². The zero-order valence-corrected chi connectivity index (χ0v) is 8.63. The van der Waals surface area contributed by atoms with Gasteiger partial charge >= 0.3 is 5.97 Å². The van der Waals surface area contributed by atoms with E-state index in [4.69, 9.17) is 4.74 Å². The average Bonchev–Trinajstić information content (AvgIpc) is 2.01. The molecule has 0 N–H and O–H groups in total. The maximum Gasteiger partial charge on any atom is 0.302 e. The number of esters is 1. The Morgan fingerprint density at radius 3 is 2.31 bits per heavy atom. The maximum absolute atomic E-state index is 10.6. The number of Topliss-reactive ketones (excluding diaryl/α,β-unsaturated/α-hetero) is 1. The second-order valence-electron chi connectivity index (χ2n) is 3.23. The van der Waals surface area contributed by atoms with Gasteiger partial charge in [0.25, 0.3) is 0 Å². The van der Waals surface area contributed by atoms with Gasteiger partial charge in [0.1, 0.15) is 11.9 Å². The van der Waals surface area contributed by atoms with Crippen molar-refractivity contribution in [3.05, 3.63) is 0 Å². The van der Waals surface area contributed by atoms with Crippen molar-refractivity contribution in [3.63, 3.8) is 0 Å². The van der Waals surface area contributed by atoms with Crippen LogP contribution in [0.5, 0.6) is 0 Å². The minimum Gasteiger partial charge on any atom is -0.463 e. The van der Waals surface area contributed by atoms with Gasteiger partial charge in [-0.05, 0) is 26.2 Å². The van der Waals surface area contributed by atoms with E-state index in [0.717, 1.165) is 19.3 Å². The van der Waals surface area contributed by atoms with Crippen LogP contribution in [0.1, 0.15) is 46.5 Å². The summed E-state index contributed by atoms with van der Waals surface area (Å²) < 4.78 is 5.03. The first kappa shape index (κ1) is 12.1. The molecule has 0 radical (unpaired) electrons. The minimum atomic E-state index is -0.241. The Balaban J connectivity index is 3.59. The maximum atomic E-state index is 10.6. The average molecular weight is 186 g/mol. The standard InChI is InChI=1S/C10H18O3/c1-4-10(13-9(3)12)7-5-6-8(2)11/h10H,4-7H2,1-3H3/t10-/m1/s1. The lowest BCUT2D eigenvalue weighted by molar-refractivity contribution is -0.146. The van der Waals surface area contributed by atoms with Crippen molar-refractivity contribution in [3.8, 4) is 0 Å². The van der Waals surface area contributed by atoms with Crippen LogP contribution in [0, 0.1) is 0 Å². The van der Waals surface area contributed by atoms with Crippen LogP contribution < -0.4 is 0 Å². The molecular weight excluding hydrogens is 168 g/mol. The monoisotopic (exact) mass is 186 g/mol. The van der Waals surface area contributed by atoms with Crippen LogP contribution in [-0.4, -0.2) is 17.9 Å². The molecule has 76 valence electrons. The van der Waals surface area contributed by atoms with Gasteiger partial charge in [0, 0.05) is 13.3 Å². The molecule has 0 aliphatic rings. The van der Waals surface area contributed by atoms with Gasteiger partial charge in [0.15, 0.2) is 0 Å². The van der Waals surface area contributed by atoms with E-state index in [1.165, 1.54) is 6.92 Å². The normalized spacial score (nSPS) is 12.2. The van der Waals surface area contributed by atoms with E-state index in [1.54, 1.807) is 6.92 Å². The number of ether oxygens (including phenoxy) is 1. The molecule has 0 fully saturated rings. The van der Waals surface area contributed by atoms with Gasteiger partial charge in [0.2, 0.25) is 0 Å². The molecule has 0 saturated heterocycles. The fourth-order valence-electron chi connectivity index (χ4n) is 1.16. The highest BCUT2D eigenvalue weighted by molar-refractivity contribution is 5.75. The minimum absolute atomic E-state index is 0.0168.